The average Bonchev–Trinajstić information content (AvgIpc) is 3.21. The van der Waals surface area contributed by atoms with E-state index in [9.17, 15) is 0 Å². The fraction of sp³-hybridized carbons (Fsp3) is 0.115. The fourth-order valence-corrected chi connectivity index (χ4v) is 8.61. The summed E-state index contributed by atoms with van der Waals surface area (Å²) in [6.45, 7) is 13.5. The van der Waals surface area contributed by atoms with Gasteiger partial charge in [0.05, 0.1) is 5.69 Å². The Bertz CT molecular complexity index is 2550. The first-order chi connectivity index (χ1) is 27.2. The van der Waals surface area contributed by atoms with Gasteiger partial charge >= 0.3 is 0 Å². The smallest absolute Gasteiger partial charge is 0.242 e. The topological polar surface area (TPSA) is 29.0 Å². The zero-order chi connectivity index (χ0) is 38.8. The molecule has 1 aromatic heterocycles. The summed E-state index contributed by atoms with van der Waals surface area (Å²) in [5.74, 6) is 0.611. The molecule has 3 nitrogen and oxygen atoms in total. The minimum atomic E-state index is 0.0779. The lowest BCUT2D eigenvalue weighted by molar-refractivity contribution is 1.08. The molecule has 1 heterocycles. The molecular formula is C52H46BN3. The Labute approximate surface area is 332 Å². The SMILES string of the molecule is Cc1cc(C)c(B(c2ccc(N(c3cccc(-c4ccccc4-c4ccccc4)c3)c3nccc(-c4ccccc4)n3)cc2)c2c(C)cc(C)cc2C)c(C)c1. The fourth-order valence-electron chi connectivity index (χ4n) is 8.61. The number of anilines is 3. The molecule has 0 amide bonds. The molecule has 4 heteroatoms. The van der Waals surface area contributed by atoms with Crippen molar-refractivity contribution in [2.75, 3.05) is 4.90 Å². The zero-order valence-corrected chi connectivity index (χ0v) is 33.1. The number of aryl methyl sites for hydroxylation is 6. The van der Waals surface area contributed by atoms with E-state index in [1.807, 2.05) is 30.5 Å². The molecular weight excluding hydrogens is 677 g/mol. The Morgan fingerprint density at radius 1 is 0.429 bits per heavy atom. The maximum atomic E-state index is 5.19. The number of hydrogen-bond acceptors (Lipinski definition) is 3. The standard InChI is InChI=1S/C52H46BN3/c1-35-30-37(3)50(38(4)31-35)53(51-39(5)32-36(2)33-40(51)6)44-24-26-45(27-25-44)56(52-54-29-28-49(55-52)42-18-11-8-12-19-42)46-21-15-20-43(34-46)48-23-14-13-22-47(48)41-16-9-7-10-17-41/h7-34H,1-6H3. The van der Waals surface area contributed by atoms with Gasteiger partial charge in [0, 0.05) is 23.1 Å². The third-order valence-electron chi connectivity index (χ3n) is 10.9. The third kappa shape index (κ3) is 7.31. The zero-order valence-electron chi connectivity index (χ0n) is 33.1. The lowest BCUT2D eigenvalue weighted by atomic mass is 9.34. The molecule has 0 atom stereocenters. The molecule has 0 fully saturated rings. The highest BCUT2D eigenvalue weighted by Gasteiger charge is 2.29. The Morgan fingerprint density at radius 2 is 0.929 bits per heavy atom. The van der Waals surface area contributed by atoms with Crippen molar-refractivity contribution in [2.45, 2.75) is 41.5 Å². The monoisotopic (exact) mass is 723 g/mol. The van der Waals surface area contributed by atoms with E-state index in [1.54, 1.807) is 0 Å². The number of rotatable bonds is 9. The Hall–Kier alpha value is -6.52. The molecule has 8 aromatic rings. The molecule has 0 saturated carbocycles. The van der Waals surface area contributed by atoms with E-state index in [0.717, 1.165) is 28.2 Å². The summed E-state index contributed by atoms with van der Waals surface area (Å²) in [6.07, 6.45) is 1.86. The second-order valence-electron chi connectivity index (χ2n) is 15.1. The van der Waals surface area contributed by atoms with E-state index >= 15 is 0 Å². The Kier molecular flexibility index (Phi) is 10.2. The minimum Gasteiger partial charge on any atom is -0.279 e. The van der Waals surface area contributed by atoms with Crippen LogP contribution in [0.2, 0.25) is 0 Å². The van der Waals surface area contributed by atoms with Crippen LogP contribution in [0.5, 0.6) is 0 Å². The number of benzene rings is 7. The van der Waals surface area contributed by atoms with E-state index in [0.29, 0.717) is 5.95 Å². The van der Waals surface area contributed by atoms with Gasteiger partial charge in [-0.3, -0.25) is 4.90 Å². The van der Waals surface area contributed by atoms with Crippen LogP contribution >= 0.6 is 0 Å². The van der Waals surface area contributed by atoms with Gasteiger partial charge in [-0.15, -0.1) is 0 Å². The molecule has 0 unspecified atom stereocenters. The summed E-state index contributed by atoms with van der Waals surface area (Å²) in [7, 11) is 0. The molecule has 0 aliphatic carbocycles. The molecule has 272 valence electrons. The lowest BCUT2D eigenvalue weighted by Crippen LogP contribution is -2.55. The first-order valence-electron chi connectivity index (χ1n) is 19.4. The van der Waals surface area contributed by atoms with Crippen molar-refractivity contribution in [3.63, 3.8) is 0 Å². The lowest BCUT2D eigenvalue weighted by Gasteiger charge is -2.27. The molecule has 0 aliphatic rings. The summed E-state index contributed by atoms with van der Waals surface area (Å²) in [4.78, 5) is 12.3. The number of aromatic nitrogens is 2. The maximum absolute atomic E-state index is 5.19. The molecule has 0 aliphatic heterocycles. The third-order valence-corrected chi connectivity index (χ3v) is 10.9. The van der Waals surface area contributed by atoms with Gasteiger partial charge in [-0.2, -0.15) is 0 Å². The van der Waals surface area contributed by atoms with E-state index in [2.05, 4.69) is 186 Å². The van der Waals surface area contributed by atoms with Crippen LogP contribution < -0.4 is 21.3 Å². The van der Waals surface area contributed by atoms with Crippen molar-refractivity contribution in [3.8, 4) is 33.5 Å². The maximum Gasteiger partial charge on any atom is 0.242 e. The molecule has 0 spiro atoms. The molecule has 0 saturated heterocycles. The number of hydrogen-bond donors (Lipinski definition) is 0. The summed E-state index contributed by atoms with van der Waals surface area (Å²) in [5.41, 5.74) is 20.4. The van der Waals surface area contributed by atoms with E-state index in [-0.39, 0.29) is 6.71 Å². The molecule has 0 radical (unpaired) electrons. The molecule has 56 heavy (non-hydrogen) atoms. The Balaban J connectivity index is 1.29. The van der Waals surface area contributed by atoms with E-state index in [1.165, 1.54) is 66.5 Å². The van der Waals surface area contributed by atoms with Crippen molar-refractivity contribution in [2.24, 2.45) is 0 Å². The predicted molar refractivity (Wildman–Crippen MR) is 239 cm³/mol. The highest BCUT2D eigenvalue weighted by atomic mass is 15.3. The van der Waals surface area contributed by atoms with Crippen molar-refractivity contribution in [3.05, 3.63) is 203 Å². The van der Waals surface area contributed by atoms with Crippen LogP contribution in [0.4, 0.5) is 17.3 Å². The molecule has 8 rings (SSSR count). The van der Waals surface area contributed by atoms with Crippen molar-refractivity contribution in [1.29, 1.82) is 0 Å². The second-order valence-corrected chi connectivity index (χ2v) is 15.1. The van der Waals surface area contributed by atoms with Crippen LogP contribution in [-0.4, -0.2) is 16.7 Å². The molecule has 0 bridgehead atoms. The van der Waals surface area contributed by atoms with E-state index in [4.69, 9.17) is 9.97 Å². The first kappa shape index (κ1) is 36.5. The van der Waals surface area contributed by atoms with Crippen LogP contribution in [0.25, 0.3) is 33.5 Å². The summed E-state index contributed by atoms with van der Waals surface area (Å²) >= 11 is 0. The quantitative estimate of drug-likeness (QED) is 0.139. The van der Waals surface area contributed by atoms with Crippen molar-refractivity contribution >= 4 is 40.4 Å². The summed E-state index contributed by atoms with van der Waals surface area (Å²) < 4.78 is 0. The second kappa shape index (κ2) is 15.7. The Morgan fingerprint density at radius 3 is 1.50 bits per heavy atom. The van der Waals surface area contributed by atoms with E-state index < -0.39 is 0 Å². The van der Waals surface area contributed by atoms with Gasteiger partial charge in [-0.1, -0.05) is 183 Å². The van der Waals surface area contributed by atoms with Crippen LogP contribution in [0.3, 0.4) is 0 Å². The average molecular weight is 724 g/mol. The van der Waals surface area contributed by atoms with Gasteiger partial charge in [0.25, 0.3) is 0 Å². The van der Waals surface area contributed by atoms with Crippen molar-refractivity contribution in [1.82, 2.24) is 9.97 Å². The van der Waals surface area contributed by atoms with Crippen LogP contribution in [-0.2, 0) is 0 Å². The minimum absolute atomic E-state index is 0.0779. The van der Waals surface area contributed by atoms with Gasteiger partial charge in [0.2, 0.25) is 12.7 Å². The van der Waals surface area contributed by atoms with Crippen molar-refractivity contribution < 1.29 is 0 Å². The van der Waals surface area contributed by atoms with Gasteiger partial charge in [-0.05, 0) is 94.1 Å². The first-order valence-corrected chi connectivity index (χ1v) is 19.4. The summed E-state index contributed by atoms with van der Waals surface area (Å²) in [6, 6.07) is 58.7. The summed E-state index contributed by atoms with van der Waals surface area (Å²) in [5, 5.41) is 0. The van der Waals surface area contributed by atoms with Gasteiger partial charge in [-0.25, -0.2) is 9.97 Å². The normalized spacial score (nSPS) is 11.0. The highest BCUT2D eigenvalue weighted by Crippen LogP contribution is 2.38. The largest absolute Gasteiger partial charge is 0.279 e. The predicted octanol–water partition coefficient (Wildman–Crippen LogP) is 11.3. The molecule has 0 N–H and O–H groups in total. The number of nitrogens with zero attached hydrogens (tertiary/aromatic N) is 3. The highest BCUT2D eigenvalue weighted by molar-refractivity contribution is 6.96. The van der Waals surface area contributed by atoms with Crippen LogP contribution in [0.1, 0.15) is 33.4 Å². The van der Waals surface area contributed by atoms with Gasteiger partial charge in [0.15, 0.2) is 0 Å². The van der Waals surface area contributed by atoms with Gasteiger partial charge in [0.1, 0.15) is 0 Å². The van der Waals surface area contributed by atoms with Crippen LogP contribution in [0.15, 0.2) is 170 Å². The van der Waals surface area contributed by atoms with Gasteiger partial charge < -0.3 is 0 Å². The van der Waals surface area contributed by atoms with Crippen LogP contribution in [0, 0.1) is 41.5 Å². The molecule has 7 aromatic carbocycles.